The van der Waals surface area contributed by atoms with Gasteiger partial charge in [-0.05, 0) is 22.8 Å². The number of nitrogens with zero attached hydrogens (tertiary/aromatic N) is 3. The van der Waals surface area contributed by atoms with Gasteiger partial charge in [0.2, 0.25) is 0 Å². The van der Waals surface area contributed by atoms with Crippen LogP contribution < -0.4 is 0 Å². The first-order valence-corrected chi connectivity index (χ1v) is 3.78. The van der Waals surface area contributed by atoms with Crippen molar-refractivity contribution >= 4 is 28.8 Å². The van der Waals surface area contributed by atoms with E-state index >= 15 is 0 Å². The smallest absolute Gasteiger partial charge is 0.259 e. The van der Waals surface area contributed by atoms with Gasteiger partial charge in [0.05, 0.1) is 9.21 Å². The number of carbonyl (C=O) groups excluding carboxylic acids is 1. The van der Waals surface area contributed by atoms with E-state index in [1.54, 1.807) is 6.07 Å². The lowest BCUT2D eigenvalue weighted by molar-refractivity contribution is 0.100. The normalized spacial score (nSPS) is 8.82. The largest absolute Gasteiger partial charge is 0.286 e. The van der Waals surface area contributed by atoms with E-state index < -0.39 is 5.91 Å². The molecule has 0 radical (unpaired) electrons. The lowest BCUT2D eigenvalue weighted by Crippen LogP contribution is -1.85. The molecule has 0 aliphatic heterocycles. The van der Waals surface area contributed by atoms with Crippen LogP contribution in [0.15, 0.2) is 17.2 Å². The number of rotatable bonds is 1. The highest BCUT2D eigenvalue weighted by Gasteiger charge is 2.04. The van der Waals surface area contributed by atoms with Gasteiger partial charge in [-0.2, -0.15) is 0 Å². The van der Waals surface area contributed by atoms with E-state index in [4.69, 9.17) is 17.1 Å². The van der Waals surface area contributed by atoms with Gasteiger partial charge in [0.15, 0.2) is 0 Å². The fourth-order valence-corrected chi connectivity index (χ4v) is 1.44. The van der Waals surface area contributed by atoms with Crippen molar-refractivity contribution in [2.45, 2.75) is 0 Å². The average molecular weight is 188 g/mol. The van der Waals surface area contributed by atoms with Crippen LogP contribution >= 0.6 is 22.9 Å². The average Bonchev–Trinajstić information content (AvgIpc) is 2.36. The van der Waals surface area contributed by atoms with E-state index in [1.165, 1.54) is 6.07 Å². The highest BCUT2D eigenvalue weighted by atomic mass is 35.5. The summed E-state index contributed by atoms with van der Waals surface area (Å²) in [7, 11) is 0. The molecule has 0 saturated heterocycles. The van der Waals surface area contributed by atoms with E-state index in [2.05, 4.69) is 10.0 Å². The first-order valence-electron chi connectivity index (χ1n) is 2.59. The molecule has 0 unspecified atom stereocenters. The second-order valence-electron chi connectivity index (χ2n) is 1.60. The SMILES string of the molecule is [N-]=[N+]=NC(=O)c1ccc(Cl)s1. The molecule has 1 amide bonds. The maximum absolute atomic E-state index is 10.8. The molecule has 0 aliphatic rings. The molecule has 0 N–H and O–H groups in total. The lowest BCUT2D eigenvalue weighted by Gasteiger charge is -1.81. The third-order valence-corrected chi connectivity index (χ3v) is 2.14. The highest BCUT2D eigenvalue weighted by Crippen LogP contribution is 2.21. The van der Waals surface area contributed by atoms with Gasteiger partial charge in [0.1, 0.15) is 0 Å². The van der Waals surface area contributed by atoms with Gasteiger partial charge in [-0.25, -0.2) is 0 Å². The van der Waals surface area contributed by atoms with E-state index in [0.29, 0.717) is 9.21 Å². The Morgan fingerprint density at radius 2 is 2.45 bits per heavy atom. The topological polar surface area (TPSA) is 65.8 Å². The summed E-state index contributed by atoms with van der Waals surface area (Å²) in [6.07, 6.45) is 0. The predicted molar refractivity (Wildman–Crippen MR) is 42.8 cm³/mol. The van der Waals surface area contributed by atoms with Gasteiger partial charge in [-0.1, -0.05) is 11.6 Å². The molecular formula is C5H2ClN3OS. The van der Waals surface area contributed by atoms with E-state index in [-0.39, 0.29) is 0 Å². The van der Waals surface area contributed by atoms with Gasteiger partial charge in [-0.3, -0.25) is 4.79 Å². The van der Waals surface area contributed by atoms with Crippen LogP contribution in [0.25, 0.3) is 10.4 Å². The zero-order valence-electron chi connectivity index (χ0n) is 5.19. The molecule has 1 aromatic heterocycles. The summed E-state index contributed by atoms with van der Waals surface area (Å²) >= 11 is 6.62. The van der Waals surface area contributed by atoms with Crippen LogP contribution in [0.4, 0.5) is 0 Å². The Bertz CT molecular complexity index is 328. The molecule has 0 aliphatic carbocycles. The quantitative estimate of drug-likeness (QED) is 0.379. The van der Waals surface area contributed by atoms with E-state index in [0.717, 1.165) is 11.3 Å². The number of carbonyl (C=O) groups is 1. The Morgan fingerprint density at radius 3 is 2.91 bits per heavy atom. The van der Waals surface area contributed by atoms with Crippen molar-refractivity contribution in [1.29, 1.82) is 0 Å². The van der Waals surface area contributed by atoms with Crippen LogP contribution in [0.5, 0.6) is 0 Å². The van der Waals surface area contributed by atoms with E-state index in [9.17, 15) is 4.79 Å². The van der Waals surface area contributed by atoms with Crippen LogP contribution in [-0.4, -0.2) is 5.91 Å². The first-order chi connectivity index (χ1) is 5.24. The van der Waals surface area contributed by atoms with Crippen molar-refractivity contribution < 1.29 is 4.79 Å². The minimum atomic E-state index is -0.593. The van der Waals surface area contributed by atoms with Crippen molar-refractivity contribution in [3.8, 4) is 0 Å². The van der Waals surface area contributed by atoms with Gasteiger partial charge < -0.3 is 0 Å². The number of halogens is 1. The molecule has 1 aromatic rings. The fourth-order valence-electron chi connectivity index (χ4n) is 0.519. The maximum Gasteiger partial charge on any atom is 0.259 e. The minimum absolute atomic E-state index is 0.354. The molecule has 56 valence electrons. The molecule has 0 spiro atoms. The minimum Gasteiger partial charge on any atom is -0.286 e. The Hall–Kier alpha value is -1.03. The fraction of sp³-hybridized carbons (Fsp3) is 0. The number of azide groups is 1. The van der Waals surface area contributed by atoms with Crippen LogP contribution in [-0.2, 0) is 0 Å². The molecule has 0 bridgehead atoms. The van der Waals surface area contributed by atoms with Crippen molar-refractivity contribution in [3.05, 3.63) is 31.8 Å². The first kappa shape index (κ1) is 8.07. The van der Waals surface area contributed by atoms with Gasteiger partial charge in [0, 0.05) is 4.91 Å². The van der Waals surface area contributed by atoms with Crippen molar-refractivity contribution in [3.63, 3.8) is 0 Å². The van der Waals surface area contributed by atoms with Gasteiger partial charge in [0.25, 0.3) is 5.91 Å². The molecule has 11 heavy (non-hydrogen) atoms. The molecule has 4 nitrogen and oxygen atoms in total. The highest BCUT2D eigenvalue weighted by molar-refractivity contribution is 7.18. The number of thiophene rings is 1. The van der Waals surface area contributed by atoms with Crippen LogP contribution in [0.3, 0.4) is 0 Å². The molecule has 0 atom stereocenters. The Balaban J connectivity index is 2.93. The molecule has 0 saturated carbocycles. The second-order valence-corrected chi connectivity index (χ2v) is 3.31. The summed E-state index contributed by atoms with van der Waals surface area (Å²) in [6.45, 7) is 0. The van der Waals surface area contributed by atoms with Crippen molar-refractivity contribution in [1.82, 2.24) is 0 Å². The molecule has 1 heterocycles. The predicted octanol–water partition coefficient (Wildman–Crippen LogP) is 2.85. The standard InChI is InChI=1S/C5H2ClN3OS/c6-4-2-1-3(11-4)5(10)8-9-7/h1-2H. The Morgan fingerprint density at radius 1 is 1.73 bits per heavy atom. The molecular weight excluding hydrogens is 186 g/mol. The Labute approximate surface area is 71.0 Å². The third-order valence-electron chi connectivity index (χ3n) is 0.920. The molecule has 0 aromatic carbocycles. The van der Waals surface area contributed by atoms with Crippen LogP contribution in [0.1, 0.15) is 9.67 Å². The second kappa shape index (κ2) is 3.39. The van der Waals surface area contributed by atoms with Gasteiger partial charge in [-0.15, -0.1) is 11.3 Å². The number of hydrogen-bond donors (Lipinski definition) is 0. The number of amides is 1. The summed E-state index contributed by atoms with van der Waals surface area (Å²) < 4.78 is 0.501. The monoisotopic (exact) mass is 187 g/mol. The summed E-state index contributed by atoms with van der Waals surface area (Å²) in [5.41, 5.74) is 7.91. The summed E-state index contributed by atoms with van der Waals surface area (Å²) in [6, 6.07) is 3.09. The summed E-state index contributed by atoms with van der Waals surface area (Å²) in [5.74, 6) is -0.593. The maximum atomic E-state index is 10.8. The number of hydrogen-bond acceptors (Lipinski definition) is 2. The lowest BCUT2D eigenvalue weighted by atomic mass is 10.5. The Kier molecular flexibility index (Phi) is 2.48. The summed E-state index contributed by atoms with van der Waals surface area (Å²) in [5, 5.41) is 2.90. The van der Waals surface area contributed by atoms with Crippen LogP contribution in [0, 0.1) is 0 Å². The zero-order chi connectivity index (χ0) is 8.27. The van der Waals surface area contributed by atoms with Gasteiger partial charge >= 0.3 is 0 Å². The van der Waals surface area contributed by atoms with Crippen molar-refractivity contribution in [2.75, 3.05) is 0 Å². The summed E-state index contributed by atoms with van der Waals surface area (Å²) in [4.78, 5) is 13.5. The van der Waals surface area contributed by atoms with Crippen molar-refractivity contribution in [2.24, 2.45) is 5.11 Å². The van der Waals surface area contributed by atoms with E-state index in [1.807, 2.05) is 0 Å². The molecule has 1 rings (SSSR count). The van der Waals surface area contributed by atoms with Crippen LogP contribution in [0.2, 0.25) is 4.34 Å². The molecule has 6 heteroatoms. The zero-order valence-corrected chi connectivity index (χ0v) is 6.76. The third kappa shape index (κ3) is 1.94. The molecule has 0 fully saturated rings.